The summed E-state index contributed by atoms with van der Waals surface area (Å²) in [7, 11) is 0. The number of rotatable bonds is 3. The molecule has 20 heavy (non-hydrogen) atoms. The number of fused-ring (bicyclic) bond motifs is 1. The van der Waals surface area contributed by atoms with Gasteiger partial charge < -0.3 is 15.4 Å². The predicted octanol–water partition coefficient (Wildman–Crippen LogP) is 2.64. The third-order valence-electron chi connectivity index (χ3n) is 3.53. The van der Waals surface area contributed by atoms with E-state index in [0.717, 1.165) is 17.0 Å². The number of hydrogen-bond acceptors (Lipinski definition) is 3. The van der Waals surface area contributed by atoms with Gasteiger partial charge in [0.05, 0.1) is 5.69 Å². The summed E-state index contributed by atoms with van der Waals surface area (Å²) in [4.78, 5) is 13.6. The van der Waals surface area contributed by atoms with E-state index >= 15 is 0 Å². The van der Waals surface area contributed by atoms with E-state index in [4.69, 9.17) is 10.5 Å². The van der Waals surface area contributed by atoms with Crippen LogP contribution in [0.15, 0.2) is 30.9 Å². The highest BCUT2D eigenvalue weighted by Gasteiger charge is 2.28. The minimum absolute atomic E-state index is 0.0446. The van der Waals surface area contributed by atoms with Crippen LogP contribution in [0.4, 0.5) is 5.69 Å². The van der Waals surface area contributed by atoms with Gasteiger partial charge in [-0.25, -0.2) is 0 Å². The number of ether oxygens (including phenoxy) is 1. The molecular formula is C16H22N2O2. The van der Waals surface area contributed by atoms with E-state index in [-0.39, 0.29) is 24.0 Å². The second-order valence-electron chi connectivity index (χ2n) is 6.15. The van der Waals surface area contributed by atoms with Gasteiger partial charge in [0.15, 0.2) is 6.61 Å². The van der Waals surface area contributed by atoms with Crippen molar-refractivity contribution in [2.45, 2.75) is 26.8 Å². The molecule has 0 bridgehead atoms. The molecule has 2 rings (SSSR count). The summed E-state index contributed by atoms with van der Waals surface area (Å²) in [6.07, 6.45) is 1.71. The number of nitrogens with zero attached hydrogens (tertiary/aromatic N) is 1. The van der Waals surface area contributed by atoms with Crippen molar-refractivity contribution >= 4 is 11.6 Å². The molecule has 1 aliphatic heterocycles. The zero-order valence-electron chi connectivity index (χ0n) is 12.3. The van der Waals surface area contributed by atoms with Crippen LogP contribution in [0.5, 0.6) is 5.75 Å². The third-order valence-corrected chi connectivity index (χ3v) is 3.53. The maximum atomic E-state index is 11.9. The first-order chi connectivity index (χ1) is 9.34. The van der Waals surface area contributed by atoms with Crippen molar-refractivity contribution in [2.75, 3.05) is 18.1 Å². The molecule has 2 N–H and O–H groups in total. The minimum Gasteiger partial charge on any atom is -0.482 e. The highest BCUT2D eigenvalue weighted by Crippen LogP contribution is 2.37. The molecule has 0 aromatic heterocycles. The normalized spacial score (nSPS) is 16.4. The molecular weight excluding hydrogens is 252 g/mol. The van der Waals surface area contributed by atoms with Crippen LogP contribution in [0.1, 0.15) is 32.4 Å². The number of benzene rings is 1. The van der Waals surface area contributed by atoms with E-state index in [0.29, 0.717) is 6.54 Å². The second kappa shape index (κ2) is 5.29. The number of anilines is 1. The largest absolute Gasteiger partial charge is 0.482 e. The van der Waals surface area contributed by atoms with Crippen LogP contribution in [0.3, 0.4) is 0 Å². The van der Waals surface area contributed by atoms with Gasteiger partial charge in [-0.15, -0.1) is 6.58 Å². The van der Waals surface area contributed by atoms with Gasteiger partial charge in [-0.1, -0.05) is 32.9 Å². The van der Waals surface area contributed by atoms with Gasteiger partial charge in [0.1, 0.15) is 5.75 Å². The molecule has 108 valence electrons. The van der Waals surface area contributed by atoms with E-state index in [1.807, 2.05) is 18.2 Å². The lowest BCUT2D eigenvalue weighted by atomic mass is 9.83. The molecule has 0 radical (unpaired) electrons. The lowest BCUT2D eigenvalue weighted by Crippen LogP contribution is -2.39. The Morgan fingerprint density at radius 2 is 2.20 bits per heavy atom. The zero-order valence-corrected chi connectivity index (χ0v) is 12.3. The molecule has 1 unspecified atom stereocenters. The van der Waals surface area contributed by atoms with E-state index in [1.54, 1.807) is 11.0 Å². The lowest BCUT2D eigenvalue weighted by molar-refractivity contribution is -0.121. The van der Waals surface area contributed by atoms with Crippen molar-refractivity contribution in [3.8, 4) is 5.75 Å². The summed E-state index contributed by atoms with van der Waals surface area (Å²) >= 11 is 0. The van der Waals surface area contributed by atoms with E-state index in [2.05, 4.69) is 27.4 Å². The molecule has 4 nitrogen and oxygen atoms in total. The van der Waals surface area contributed by atoms with Gasteiger partial charge in [0, 0.05) is 12.6 Å². The molecule has 1 heterocycles. The molecule has 0 fully saturated rings. The predicted molar refractivity (Wildman–Crippen MR) is 80.9 cm³/mol. The summed E-state index contributed by atoms with van der Waals surface area (Å²) in [5, 5.41) is 0. The Kier molecular flexibility index (Phi) is 3.86. The number of carbonyl (C=O) groups is 1. The Labute approximate surface area is 120 Å². The summed E-state index contributed by atoms with van der Waals surface area (Å²) in [5.74, 6) is 0.662. The highest BCUT2D eigenvalue weighted by atomic mass is 16.5. The summed E-state index contributed by atoms with van der Waals surface area (Å²) in [5.41, 5.74) is 8.03. The van der Waals surface area contributed by atoms with Crippen molar-refractivity contribution in [3.05, 3.63) is 36.4 Å². The smallest absolute Gasteiger partial charge is 0.265 e. The molecule has 0 spiro atoms. The molecule has 1 aromatic carbocycles. The lowest BCUT2D eigenvalue weighted by Gasteiger charge is -2.32. The Hall–Kier alpha value is -1.81. The fourth-order valence-corrected chi connectivity index (χ4v) is 2.24. The summed E-state index contributed by atoms with van der Waals surface area (Å²) in [6, 6.07) is 5.71. The van der Waals surface area contributed by atoms with Crippen LogP contribution < -0.4 is 15.4 Å². The van der Waals surface area contributed by atoms with E-state index in [1.165, 1.54) is 0 Å². The van der Waals surface area contributed by atoms with Gasteiger partial charge in [-0.05, 0) is 23.1 Å². The van der Waals surface area contributed by atoms with Crippen molar-refractivity contribution in [2.24, 2.45) is 11.1 Å². The number of nitrogens with two attached hydrogens (primary N) is 1. The van der Waals surface area contributed by atoms with Gasteiger partial charge in [-0.2, -0.15) is 0 Å². The molecule has 0 aliphatic carbocycles. The van der Waals surface area contributed by atoms with E-state index in [9.17, 15) is 4.79 Å². The molecule has 0 saturated carbocycles. The van der Waals surface area contributed by atoms with Crippen molar-refractivity contribution in [1.82, 2.24) is 0 Å². The molecule has 1 aromatic rings. The average Bonchev–Trinajstić information content (AvgIpc) is 2.40. The first-order valence-electron chi connectivity index (χ1n) is 6.78. The Morgan fingerprint density at radius 1 is 1.50 bits per heavy atom. The van der Waals surface area contributed by atoms with Crippen molar-refractivity contribution in [3.63, 3.8) is 0 Å². The number of carbonyl (C=O) groups excluding carboxylic acids is 1. The average molecular weight is 274 g/mol. The fourth-order valence-electron chi connectivity index (χ4n) is 2.24. The van der Waals surface area contributed by atoms with Crippen LogP contribution in [0.25, 0.3) is 0 Å². The summed E-state index contributed by atoms with van der Waals surface area (Å²) < 4.78 is 5.47. The van der Waals surface area contributed by atoms with Crippen molar-refractivity contribution in [1.29, 1.82) is 0 Å². The number of amides is 1. The maximum Gasteiger partial charge on any atom is 0.265 e. The van der Waals surface area contributed by atoms with E-state index < -0.39 is 0 Å². The minimum atomic E-state index is -0.101. The first kappa shape index (κ1) is 14.6. The van der Waals surface area contributed by atoms with Gasteiger partial charge >= 0.3 is 0 Å². The Bertz CT molecular complexity index is 532. The molecule has 1 aliphatic rings. The second-order valence-corrected chi connectivity index (χ2v) is 6.15. The molecule has 4 heteroatoms. The molecule has 1 atom stereocenters. The highest BCUT2D eigenvalue weighted by molar-refractivity contribution is 5.98. The van der Waals surface area contributed by atoms with Gasteiger partial charge in [0.2, 0.25) is 0 Å². The fraction of sp³-hybridized carbons (Fsp3) is 0.438. The number of hydrogen-bond donors (Lipinski definition) is 1. The zero-order chi connectivity index (χ0) is 14.9. The Balaban J connectivity index is 2.43. The van der Waals surface area contributed by atoms with Crippen LogP contribution in [0, 0.1) is 5.41 Å². The maximum absolute atomic E-state index is 11.9. The topological polar surface area (TPSA) is 55.6 Å². The monoisotopic (exact) mass is 274 g/mol. The van der Waals surface area contributed by atoms with Crippen molar-refractivity contribution < 1.29 is 9.53 Å². The van der Waals surface area contributed by atoms with Crippen LogP contribution in [-0.2, 0) is 4.79 Å². The quantitative estimate of drug-likeness (QED) is 0.862. The summed E-state index contributed by atoms with van der Waals surface area (Å²) in [6.45, 7) is 10.5. The Morgan fingerprint density at radius 3 is 2.80 bits per heavy atom. The first-order valence-corrected chi connectivity index (χ1v) is 6.78. The van der Waals surface area contributed by atoms with Crippen LogP contribution in [0.2, 0.25) is 0 Å². The van der Waals surface area contributed by atoms with Gasteiger partial charge in [0.25, 0.3) is 5.91 Å². The third kappa shape index (κ3) is 2.70. The SMILES string of the molecule is C=CCN1C(=O)COc2ccc(C(N)C(C)(C)C)cc21. The standard InChI is InChI=1S/C16H22N2O2/c1-5-8-18-12-9-11(15(17)16(2,3)4)6-7-13(12)20-10-14(18)19/h5-7,9,15H,1,8,10,17H2,2-4H3. The van der Waals surface area contributed by atoms with Crippen LogP contribution in [-0.4, -0.2) is 19.1 Å². The molecule has 0 saturated heterocycles. The molecule has 1 amide bonds. The van der Waals surface area contributed by atoms with Crippen LogP contribution >= 0.6 is 0 Å². The van der Waals surface area contributed by atoms with Gasteiger partial charge in [-0.3, -0.25) is 4.79 Å².